The van der Waals surface area contributed by atoms with E-state index >= 15 is 0 Å². The van der Waals surface area contributed by atoms with Crippen LogP contribution in [-0.4, -0.2) is 0 Å². The third-order valence-electron chi connectivity index (χ3n) is 2.35. The monoisotopic (exact) mass is 301 g/mol. The van der Waals surface area contributed by atoms with Crippen LogP contribution in [0, 0.1) is 10.5 Å². The Kier molecular flexibility index (Phi) is 2.53. The van der Waals surface area contributed by atoms with E-state index in [0.29, 0.717) is 0 Å². The van der Waals surface area contributed by atoms with E-state index < -0.39 is 0 Å². The molecule has 0 aliphatic heterocycles. The van der Waals surface area contributed by atoms with Gasteiger partial charge in [-0.25, -0.2) is 0 Å². The van der Waals surface area contributed by atoms with E-state index in [1.165, 1.54) is 8.96 Å². The molecule has 0 amide bonds. The molecule has 0 saturated heterocycles. The average molecular weight is 301 g/mol. The predicted octanol–water partition coefficient (Wildman–Crippen LogP) is 3.37. The Balaban J connectivity index is 2.74. The summed E-state index contributed by atoms with van der Waals surface area (Å²) >= 11 is 2.30. The van der Waals surface area contributed by atoms with Crippen molar-refractivity contribution in [2.24, 2.45) is 5.73 Å². The Morgan fingerprint density at radius 2 is 2.14 bits per heavy atom. The first-order valence-electron chi connectivity index (χ1n) is 4.53. The highest BCUT2D eigenvalue weighted by atomic mass is 127. The fourth-order valence-electron chi connectivity index (χ4n) is 1.65. The first-order chi connectivity index (χ1) is 6.59. The molecule has 0 saturated carbocycles. The molecule has 0 bridgehead atoms. The van der Waals surface area contributed by atoms with Crippen molar-refractivity contribution in [2.75, 3.05) is 0 Å². The number of fused-ring (bicyclic) bond motifs is 1. The van der Waals surface area contributed by atoms with Crippen molar-refractivity contribution in [3.8, 4) is 0 Å². The summed E-state index contributed by atoms with van der Waals surface area (Å²) in [6.45, 7) is 4.00. The molecule has 0 fully saturated rings. The second-order valence-electron chi connectivity index (χ2n) is 3.52. The SMILES string of the molecule is Cc1c(C(C)N)oc2ccc(I)cc12. The topological polar surface area (TPSA) is 39.2 Å². The molecule has 0 aliphatic carbocycles. The predicted molar refractivity (Wildman–Crippen MR) is 66.3 cm³/mol. The minimum atomic E-state index is -0.0416. The van der Waals surface area contributed by atoms with E-state index in [1.807, 2.05) is 19.1 Å². The van der Waals surface area contributed by atoms with E-state index in [0.717, 1.165) is 16.9 Å². The summed E-state index contributed by atoms with van der Waals surface area (Å²) in [6, 6.07) is 6.12. The third kappa shape index (κ3) is 1.54. The first-order valence-corrected chi connectivity index (χ1v) is 5.61. The van der Waals surface area contributed by atoms with Crippen LogP contribution in [-0.2, 0) is 0 Å². The Morgan fingerprint density at radius 3 is 2.79 bits per heavy atom. The molecular formula is C11H12INO. The lowest BCUT2D eigenvalue weighted by Gasteiger charge is -2.00. The highest BCUT2D eigenvalue weighted by molar-refractivity contribution is 14.1. The Labute approximate surface area is 96.6 Å². The van der Waals surface area contributed by atoms with Crippen LogP contribution in [0.2, 0.25) is 0 Å². The van der Waals surface area contributed by atoms with Crippen LogP contribution in [0.3, 0.4) is 0 Å². The Bertz CT molecular complexity index is 473. The molecule has 14 heavy (non-hydrogen) atoms. The lowest BCUT2D eigenvalue weighted by molar-refractivity contribution is 0.509. The summed E-state index contributed by atoms with van der Waals surface area (Å²) in [4.78, 5) is 0. The van der Waals surface area contributed by atoms with Crippen LogP contribution >= 0.6 is 22.6 Å². The number of benzene rings is 1. The van der Waals surface area contributed by atoms with Crippen LogP contribution in [0.4, 0.5) is 0 Å². The number of rotatable bonds is 1. The summed E-state index contributed by atoms with van der Waals surface area (Å²) in [5.74, 6) is 0.891. The minimum absolute atomic E-state index is 0.0416. The lowest BCUT2D eigenvalue weighted by Crippen LogP contribution is -2.04. The van der Waals surface area contributed by atoms with Gasteiger partial charge in [0.25, 0.3) is 0 Å². The van der Waals surface area contributed by atoms with Gasteiger partial charge in [-0.3, -0.25) is 0 Å². The van der Waals surface area contributed by atoms with Crippen LogP contribution < -0.4 is 5.73 Å². The Morgan fingerprint density at radius 1 is 1.43 bits per heavy atom. The second-order valence-corrected chi connectivity index (χ2v) is 4.77. The van der Waals surface area contributed by atoms with Crippen molar-refractivity contribution in [3.63, 3.8) is 0 Å². The van der Waals surface area contributed by atoms with Crippen LogP contribution in [0.15, 0.2) is 22.6 Å². The number of hydrogen-bond acceptors (Lipinski definition) is 2. The van der Waals surface area contributed by atoms with Gasteiger partial charge in [0.05, 0.1) is 6.04 Å². The van der Waals surface area contributed by atoms with Gasteiger partial charge in [0, 0.05) is 8.96 Å². The van der Waals surface area contributed by atoms with Crippen molar-refractivity contribution in [2.45, 2.75) is 19.9 Å². The molecule has 1 aromatic carbocycles. The van der Waals surface area contributed by atoms with Crippen molar-refractivity contribution in [1.29, 1.82) is 0 Å². The molecule has 0 spiro atoms. The van der Waals surface area contributed by atoms with Crippen molar-refractivity contribution < 1.29 is 4.42 Å². The van der Waals surface area contributed by atoms with Gasteiger partial charge >= 0.3 is 0 Å². The zero-order chi connectivity index (χ0) is 10.3. The van der Waals surface area contributed by atoms with Crippen molar-refractivity contribution in [1.82, 2.24) is 0 Å². The summed E-state index contributed by atoms with van der Waals surface area (Å²) in [5, 5.41) is 1.17. The fraction of sp³-hybridized carbons (Fsp3) is 0.273. The molecule has 1 atom stereocenters. The van der Waals surface area contributed by atoms with Gasteiger partial charge in [0.1, 0.15) is 11.3 Å². The van der Waals surface area contributed by atoms with E-state index in [9.17, 15) is 0 Å². The van der Waals surface area contributed by atoms with Gasteiger partial charge in [0.15, 0.2) is 0 Å². The maximum absolute atomic E-state index is 5.82. The minimum Gasteiger partial charge on any atom is -0.459 e. The number of furan rings is 1. The number of nitrogens with two attached hydrogens (primary N) is 1. The number of hydrogen-bond donors (Lipinski definition) is 1. The highest BCUT2D eigenvalue weighted by Crippen LogP contribution is 2.29. The third-order valence-corrected chi connectivity index (χ3v) is 3.02. The van der Waals surface area contributed by atoms with Gasteiger partial charge in [-0.05, 0) is 60.2 Å². The summed E-state index contributed by atoms with van der Waals surface area (Å²) in [6.07, 6.45) is 0. The van der Waals surface area contributed by atoms with Gasteiger partial charge in [-0.1, -0.05) is 0 Å². The molecule has 2 aromatic rings. The number of aryl methyl sites for hydroxylation is 1. The van der Waals surface area contributed by atoms with Gasteiger partial charge < -0.3 is 10.2 Å². The van der Waals surface area contributed by atoms with Gasteiger partial charge in [-0.15, -0.1) is 0 Å². The molecule has 0 radical (unpaired) electrons. The van der Waals surface area contributed by atoms with E-state index in [4.69, 9.17) is 10.2 Å². The molecule has 2 nitrogen and oxygen atoms in total. The largest absolute Gasteiger partial charge is 0.459 e. The maximum Gasteiger partial charge on any atom is 0.134 e. The molecule has 74 valence electrons. The normalized spacial score (nSPS) is 13.4. The zero-order valence-electron chi connectivity index (χ0n) is 8.17. The van der Waals surface area contributed by atoms with E-state index in [-0.39, 0.29) is 6.04 Å². The summed E-state index contributed by atoms with van der Waals surface area (Å²) in [7, 11) is 0. The standard InChI is InChI=1S/C11H12INO/c1-6-9-5-8(12)3-4-10(9)14-11(6)7(2)13/h3-5,7H,13H2,1-2H3. The quantitative estimate of drug-likeness (QED) is 0.820. The smallest absolute Gasteiger partial charge is 0.134 e. The van der Waals surface area contributed by atoms with Crippen molar-refractivity contribution >= 4 is 33.6 Å². The van der Waals surface area contributed by atoms with E-state index in [2.05, 4.69) is 35.6 Å². The maximum atomic E-state index is 5.82. The molecule has 3 heteroatoms. The highest BCUT2D eigenvalue weighted by Gasteiger charge is 2.13. The zero-order valence-corrected chi connectivity index (χ0v) is 10.3. The van der Waals surface area contributed by atoms with Crippen LogP contribution in [0.1, 0.15) is 24.3 Å². The number of halogens is 1. The van der Waals surface area contributed by atoms with Gasteiger partial charge in [-0.2, -0.15) is 0 Å². The molecule has 1 unspecified atom stereocenters. The average Bonchev–Trinajstić information content (AvgIpc) is 2.44. The lowest BCUT2D eigenvalue weighted by atomic mass is 10.1. The van der Waals surface area contributed by atoms with Crippen LogP contribution in [0.25, 0.3) is 11.0 Å². The molecule has 2 rings (SSSR count). The van der Waals surface area contributed by atoms with Crippen LogP contribution in [0.5, 0.6) is 0 Å². The second kappa shape index (κ2) is 3.55. The van der Waals surface area contributed by atoms with Crippen molar-refractivity contribution in [3.05, 3.63) is 33.1 Å². The molecular weight excluding hydrogens is 289 g/mol. The molecule has 0 aliphatic rings. The fourth-order valence-corrected chi connectivity index (χ4v) is 2.14. The molecule has 2 N–H and O–H groups in total. The van der Waals surface area contributed by atoms with E-state index in [1.54, 1.807) is 0 Å². The summed E-state index contributed by atoms with van der Waals surface area (Å²) in [5.41, 5.74) is 7.91. The van der Waals surface area contributed by atoms with Gasteiger partial charge in [0.2, 0.25) is 0 Å². The molecule has 1 heterocycles. The molecule has 1 aromatic heterocycles. The summed E-state index contributed by atoms with van der Waals surface area (Å²) < 4.78 is 6.90. The Hall–Kier alpha value is -0.550. The first kappa shape index (κ1) is 9.98.